The molecule has 0 radical (unpaired) electrons. The molecule has 1 aromatic carbocycles. The summed E-state index contributed by atoms with van der Waals surface area (Å²) in [4.78, 5) is 47.7. The molecule has 0 atom stereocenters. The van der Waals surface area contributed by atoms with Gasteiger partial charge in [0, 0.05) is 12.4 Å². The number of pyridine rings is 1. The highest BCUT2D eigenvalue weighted by molar-refractivity contribution is 6.21. The number of carbonyl (C=O) groups is 3. The molecule has 0 saturated heterocycles. The zero-order valence-corrected chi connectivity index (χ0v) is 14.7. The summed E-state index contributed by atoms with van der Waals surface area (Å²) >= 11 is 0. The lowest BCUT2D eigenvalue weighted by Crippen LogP contribution is -2.58. The number of amides is 2. The number of rotatable bonds is 3. The summed E-state index contributed by atoms with van der Waals surface area (Å²) in [7, 11) is 0. The van der Waals surface area contributed by atoms with Crippen molar-refractivity contribution in [1.82, 2.24) is 10.0 Å². The highest BCUT2D eigenvalue weighted by Gasteiger charge is 2.63. The lowest BCUT2D eigenvalue weighted by atomic mass is 9.44. The van der Waals surface area contributed by atoms with E-state index in [1.807, 2.05) is 12.1 Å². The third kappa shape index (κ3) is 2.19. The van der Waals surface area contributed by atoms with Crippen LogP contribution in [-0.2, 0) is 15.0 Å². The predicted octanol–water partition coefficient (Wildman–Crippen LogP) is 3.04. The molecule has 1 aromatic heterocycles. The maximum Gasteiger partial charge on any atom is 0.343 e. The minimum Gasteiger partial charge on any atom is -0.329 e. The van der Waals surface area contributed by atoms with E-state index in [4.69, 9.17) is 4.84 Å². The highest BCUT2D eigenvalue weighted by atomic mass is 16.7. The number of hydroxylamine groups is 2. The quantitative estimate of drug-likeness (QED) is 0.785. The molecule has 0 bridgehead atoms. The van der Waals surface area contributed by atoms with Gasteiger partial charge >= 0.3 is 5.97 Å². The van der Waals surface area contributed by atoms with Crippen molar-refractivity contribution < 1.29 is 19.2 Å². The van der Waals surface area contributed by atoms with Crippen molar-refractivity contribution in [1.29, 1.82) is 0 Å². The minimum absolute atomic E-state index is 0.199. The minimum atomic E-state index is -0.821. The topological polar surface area (TPSA) is 76.6 Å². The normalized spacial score (nSPS) is 21.4. The average Bonchev–Trinajstić information content (AvgIpc) is 2.86. The summed E-state index contributed by atoms with van der Waals surface area (Å²) in [6.07, 6.45) is 8.08. The summed E-state index contributed by atoms with van der Waals surface area (Å²) in [6.45, 7) is 0. The van der Waals surface area contributed by atoms with E-state index in [9.17, 15) is 14.4 Å². The van der Waals surface area contributed by atoms with E-state index < -0.39 is 23.2 Å². The maximum atomic E-state index is 13.2. The Morgan fingerprint density at radius 3 is 2.07 bits per heavy atom. The summed E-state index contributed by atoms with van der Waals surface area (Å²) < 4.78 is 0. The van der Waals surface area contributed by atoms with Crippen molar-refractivity contribution in [3.8, 4) is 0 Å². The van der Waals surface area contributed by atoms with E-state index in [1.54, 1.807) is 36.7 Å². The maximum absolute atomic E-state index is 13.2. The summed E-state index contributed by atoms with van der Waals surface area (Å²) in [6, 6.07) is 10.1. The van der Waals surface area contributed by atoms with E-state index >= 15 is 0 Å². The molecular formula is C21H18N2O4. The van der Waals surface area contributed by atoms with Crippen molar-refractivity contribution >= 4 is 17.8 Å². The molecule has 0 unspecified atom stereocenters. The van der Waals surface area contributed by atoms with Crippen LogP contribution in [0.4, 0.5) is 0 Å². The van der Waals surface area contributed by atoms with Crippen LogP contribution in [0.15, 0.2) is 48.8 Å². The number of hydrogen-bond donors (Lipinski definition) is 0. The Hall–Kier alpha value is -3.02. The first-order valence-electron chi connectivity index (χ1n) is 9.16. The van der Waals surface area contributed by atoms with E-state index in [0.29, 0.717) is 17.9 Å². The summed E-state index contributed by atoms with van der Waals surface area (Å²) in [5, 5.41) is 0.613. The van der Waals surface area contributed by atoms with Crippen LogP contribution in [0.1, 0.15) is 58.4 Å². The number of benzene rings is 1. The Kier molecular flexibility index (Phi) is 3.29. The zero-order chi connectivity index (χ0) is 18.6. The smallest absolute Gasteiger partial charge is 0.329 e. The van der Waals surface area contributed by atoms with Crippen LogP contribution in [0.25, 0.3) is 0 Å². The van der Waals surface area contributed by atoms with Crippen molar-refractivity contribution in [2.75, 3.05) is 0 Å². The molecule has 1 spiro atoms. The number of carbonyl (C=O) groups excluding carboxylic acids is 3. The molecule has 5 rings (SSSR count). The molecule has 2 amide bonds. The third-order valence-corrected chi connectivity index (χ3v) is 6.32. The fraction of sp³-hybridized carbons (Fsp3) is 0.333. The van der Waals surface area contributed by atoms with Gasteiger partial charge in [-0.05, 0) is 60.9 Å². The number of nitrogens with zero attached hydrogens (tertiary/aromatic N) is 2. The van der Waals surface area contributed by atoms with Gasteiger partial charge in [0.2, 0.25) is 0 Å². The fourth-order valence-electron chi connectivity index (χ4n) is 4.82. The van der Waals surface area contributed by atoms with E-state index in [-0.39, 0.29) is 16.5 Å². The van der Waals surface area contributed by atoms with Crippen LogP contribution < -0.4 is 0 Å². The van der Waals surface area contributed by atoms with E-state index in [1.165, 1.54) is 6.42 Å². The predicted molar refractivity (Wildman–Crippen MR) is 94.5 cm³/mol. The lowest BCUT2D eigenvalue weighted by molar-refractivity contribution is -0.190. The Morgan fingerprint density at radius 2 is 1.56 bits per heavy atom. The van der Waals surface area contributed by atoms with Crippen LogP contribution in [0, 0.1) is 5.41 Å². The molecule has 2 saturated carbocycles. The van der Waals surface area contributed by atoms with Gasteiger partial charge in [-0.15, -0.1) is 0 Å². The molecule has 3 aliphatic rings. The molecule has 27 heavy (non-hydrogen) atoms. The van der Waals surface area contributed by atoms with Crippen molar-refractivity contribution in [2.45, 2.75) is 37.5 Å². The summed E-state index contributed by atoms with van der Waals surface area (Å²) in [5.41, 5.74) is 0.731. The molecule has 2 aliphatic carbocycles. The van der Waals surface area contributed by atoms with Crippen molar-refractivity contribution in [3.63, 3.8) is 0 Å². The molecule has 2 fully saturated rings. The lowest BCUT2D eigenvalue weighted by Gasteiger charge is -2.59. The Bertz CT molecular complexity index is 922. The van der Waals surface area contributed by atoms with E-state index in [0.717, 1.165) is 18.4 Å². The van der Waals surface area contributed by atoms with Gasteiger partial charge in [0.05, 0.1) is 16.5 Å². The van der Waals surface area contributed by atoms with Gasteiger partial charge in [-0.1, -0.05) is 23.6 Å². The highest BCUT2D eigenvalue weighted by Crippen LogP contribution is 2.65. The van der Waals surface area contributed by atoms with Gasteiger partial charge in [0.15, 0.2) is 0 Å². The van der Waals surface area contributed by atoms with Gasteiger partial charge in [-0.3, -0.25) is 14.6 Å². The second kappa shape index (κ2) is 5.49. The van der Waals surface area contributed by atoms with Crippen molar-refractivity contribution in [3.05, 3.63) is 65.5 Å². The van der Waals surface area contributed by atoms with Gasteiger partial charge in [-0.25, -0.2) is 4.79 Å². The van der Waals surface area contributed by atoms with E-state index in [2.05, 4.69) is 4.98 Å². The third-order valence-electron chi connectivity index (χ3n) is 6.32. The molecule has 2 aromatic rings. The second-order valence-corrected chi connectivity index (χ2v) is 7.85. The standard InChI is InChI=1S/C21H18N2O4/c24-17-15-4-1-2-5-16(15)18(25)23(17)27-19(26)21(14-6-10-22-11-7-14)12-20(13-21)8-3-9-20/h1-2,4-7,10-11H,3,8-9,12-13H2. The van der Waals surface area contributed by atoms with Crippen LogP contribution in [0.2, 0.25) is 0 Å². The van der Waals surface area contributed by atoms with Gasteiger partial charge < -0.3 is 4.84 Å². The van der Waals surface area contributed by atoms with Gasteiger partial charge in [-0.2, -0.15) is 0 Å². The first kappa shape index (κ1) is 16.2. The number of aromatic nitrogens is 1. The molecule has 6 heteroatoms. The second-order valence-electron chi connectivity index (χ2n) is 7.85. The first-order valence-corrected chi connectivity index (χ1v) is 9.16. The number of fused-ring (bicyclic) bond motifs is 1. The molecular weight excluding hydrogens is 344 g/mol. The monoisotopic (exact) mass is 362 g/mol. The van der Waals surface area contributed by atoms with Gasteiger partial charge in [0.1, 0.15) is 0 Å². The largest absolute Gasteiger partial charge is 0.343 e. The molecule has 136 valence electrons. The molecule has 0 N–H and O–H groups in total. The number of imide groups is 1. The summed E-state index contributed by atoms with van der Waals surface area (Å²) in [5.74, 6) is -1.72. The van der Waals surface area contributed by atoms with Crippen LogP contribution in [0.3, 0.4) is 0 Å². The first-order chi connectivity index (χ1) is 13.0. The van der Waals surface area contributed by atoms with Crippen molar-refractivity contribution in [2.24, 2.45) is 5.41 Å². The zero-order valence-electron chi connectivity index (χ0n) is 14.7. The molecule has 2 heterocycles. The van der Waals surface area contributed by atoms with Gasteiger partial charge in [0.25, 0.3) is 11.8 Å². The molecule has 6 nitrogen and oxygen atoms in total. The Balaban J connectivity index is 1.44. The number of hydrogen-bond acceptors (Lipinski definition) is 5. The Morgan fingerprint density at radius 1 is 0.963 bits per heavy atom. The molecule has 1 aliphatic heterocycles. The van der Waals surface area contributed by atoms with Crippen LogP contribution in [0.5, 0.6) is 0 Å². The Labute approximate surface area is 156 Å². The average molecular weight is 362 g/mol. The van der Waals surface area contributed by atoms with Crippen LogP contribution >= 0.6 is 0 Å². The SMILES string of the molecule is O=C1c2ccccc2C(=O)N1OC(=O)C1(c2ccncc2)CC2(CCC2)C1. The van der Waals surface area contributed by atoms with Crippen LogP contribution in [-0.4, -0.2) is 27.8 Å². The fourth-order valence-corrected chi connectivity index (χ4v) is 4.82.